The summed E-state index contributed by atoms with van der Waals surface area (Å²) in [6.07, 6.45) is 15.9. The van der Waals surface area contributed by atoms with Crippen LogP contribution in [0, 0.1) is 17.8 Å². The molecular weight excluding hydrogens is 609 g/mol. The van der Waals surface area contributed by atoms with Crippen molar-refractivity contribution in [1.29, 1.82) is 0 Å². The van der Waals surface area contributed by atoms with Crippen LogP contribution in [0.25, 0.3) is 33.4 Å². The molecule has 0 saturated carbocycles. The van der Waals surface area contributed by atoms with E-state index in [0.29, 0.717) is 5.92 Å². The van der Waals surface area contributed by atoms with E-state index in [0.717, 1.165) is 29.9 Å². The van der Waals surface area contributed by atoms with Gasteiger partial charge in [0.25, 0.3) is 0 Å². The third-order valence-corrected chi connectivity index (χ3v) is 11.4. The first kappa shape index (κ1) is 29.3. The van der Waals surface area contributed by atoms with Crippen molar-refractivity contribution in [3.8, 4) is 28.0 Å². The first-order valence-electron chi connectivity index (χ1n) is 18.0. The zero-order valence-electron chi connectivity index (χ0n) is 27.9. The van der Waals surface area contributed by atoms with Crippen LogP contribution in [-0.2, 0) is 4.74 Å². The van der Waals surface area contributed by atoms with Crippen molar-refractivity contribution < 1.29 is 9.47 Å². The zero-order valence-corrected chi connectivity index (χ0v) is 27.9. The summed E-state index contributed by atoms with van der Waals surface area (Å²) in [4.78, 5) is 0. The molecule has 242 valence electrons. The number of hydrogen-bond acceptors (Lipinski definition) is 2. The molecule has 5 aliphatic rings. The van der Waals surface area contributed by atoms with Gasteiger partial charge in [0.05, 0.1) is 5.92 Å². The topological polar surface area (TPSA) is 18.5 Å². The molecule has 3 aliphatic carbocycles. The van der Waals surface area contributed by atoms with E-state index in [4.69, 9.17) is 9.47 Å². The van der Waals surface area contributed by atoms with Gasteiger partial charge in [0.2, 0.25) is 0 Å². The average Bonchev–Trinajstić information content (AvgIpc) is 3.77. The predicted molar refractivity (Wildman–Crippen MR) is 203 cm³/mol. The predicted octanol–water partition coefficient (Wildman–Crippen LogP) is 11.5. The highest BCUT2D eigenvalue weighted by Crippen LogP contribution is 2.59. The number of allylic oxidation sites excluding steroid dienone is 6. The minimum Gasteiger partial charge on any atom is -0.488 e. The molecule has 2 heterocycles. The molecule has 0 N–H and O–H groups in total. The van der Waals surface area contributed by atoms with Crippen LogP contribution in [0.5, 0.6) is 5.75 Å². The van der Waals surface area contributed by atoms with Gasteiger partial charge in [-0.3, -0.25) is 0 Å². The maximum absolute atomic E-state index is 7.33. The Kier molecular flexibility index (Phi) is 7.08. The number of hydrogen-bond donors (Lipinski definition) is 0. The Morgan fingerprint density at radius 3 is 1.94 bits per heavy atom. The van der Waals surface area contributed by atoms with E-state index < -0.39 is 0 Å². The quantitative estimate of drug-likeness (QED) is 0.189. The Morgan fingerprint density at radius 2 is 1.24 bits per heavy atom. The highest BCUT2D eigenvalue weighted by Gasteiger charge is 2.55. The van der Waals surface area contributed by atoms with Crippen molar-refractivity contribution >= 4 is 11.1 Å². The Balaban J connectivity index is 1.16. The van der Waals surface area contributed by atoms with E-state index in [1.54, 1.807) is 0 Å². The van der Waals surface area contributed by atoms with E-state index in [-0.39, 0.29) is 30.0 Å². The highest BCUT2D eigenvalue weighted by atomic mass is 16.5. The summed E-state index contributed by atoms with van der Waals surface area (Å²) < 4.78 is 14.7. The fourth-order valence-electron chi connectivity index (χ4n) is 9.05. The third kappa shape index (κ3) is 4.85. The van der Waals surface area contributed by atoms with Crippen molar-refractivity contribution in [2.45, 2.75) is 31.0 Å². The van der Waals surface area contributed by atoms with Crippen LogP contribution in [0.15, 0.2) is 181 Å². The van der Waals surface area contributed by atoms with Gasteiger partial charge in [-0.15, -0.1) is 0 Å². The molecular formula is C48H38O2. The van der Waals surface area contributed by atoms with Gasteiger partial charge >= 0.3 is 0 Å². The maximum Gasteiger partial charge on any atom is 0.135 e. The van der Waals surface area contributed by atoms with Crippen molar-refractivity contribution in [2.75, 3.05) is 0 Å². The Morgan fingerprint density at radius 1 is 0.580 bits per heavy atom. The lowest BCUT2D eigenvalue weighted by atomic mass is 9.67. The van der Waals surface area contributed by atoms with Crippen LogP contribution in [0.2, 0.25) is 0 Å². The molecule has 10 rings (SSSR count). The van der Waals surface area contributed by atoms with Crippen molar-refractivity contribution in [2.24, 2.45) is 17.8 Å². The second-order valence-corrected chi connectivity index (χ2v) is 14.2. The van der Waals surface area contributed by atoms with E-state index in [1.165, 1.54) is 50.1 Å². The van der Waals surface area contributed by atoms with Gasteiger partial charge in [0.15, 0.2) is 0 Å². The van der Waals surface area contributed by atoms with Crippen molar-refractivity contribution in [3.63, 3.8) is 0 Å². The molecule has 2 aliphatic heterocycles. The molecule has 5 aromatic rings. The second-order valence-electron chi connectivity index (χ2n) is 14.2. The lowest BCUT2D eigenvalue weighted by molar-refractivity contribution is 0.0311. The molecule has 0 spiro atoms. The lowest BCUT2D eigenvalue weighted by Gasteiger charge is -2.39. The van der Waals surface area contributed by atoms with Crippen molar-refractivity contribution in [3.05, 3.63) is 198 Å². The van der Waals surface area contributed by atoms with E-state index >= 15 is 0 Å². The van der Waals surface area contributed by atoms with E-state index in [1.807, 2.05) is 0 Å². The van der Waals surface area contributed by atoms with Gasteiger partial charge in [-0.25, -0.2) is 0 Å². The first-order valence-corrected chi connectivity index (χ1v) is 18.0. The second kappa shape index (κ2) is 12.1. The van der Waals surface area contributed by atoms with Crippen LogP contribution < -0.4 is 4.74 Å². The van der Waals surface area contributed by atoms with Gasteiger partial charge in [-0.05, 0) is 64.3 Å². The summed E-state index contributed by atoms with van der Waals surface area (Å²) >= 11 is 0. The molecule has 5 aromatic carbocycles. The minimum absolute atomic E-state index is 0.0142. The molecule has 2 nitrogen and oxygen atoms in total. The Hall–Kier alpha value is -5.60. The Labute approximate surface area is 294 Å². The number of benzene rings is 5. The molecule has 6 atom stereocenters. The van der Waals surface area contributed by atoms with Crippen LogP contribution in [0.3, 0.4) is 0 Å². The minimum atomic E-state index is -0.123. The molecule has 0 radical (unpaired) electrons. The lowest BCUT2D eigenvalue weighted by Crippen LogP contribution is -2.43. The molecule has 0 amide bonds. The monoisotopic (exact) mass is 646 g/mol. The standard InChI is InChI=1S/C48H38O2/c1-6-16-31(17-7-1)36-26-38(33-20-10-3-11-21-33)45-41(28-36)42-30-40(35-24-14-5-15-25-35)47-44(48(42)49-45)43-29-37(32-18-8-2-9-19-32)27-39(46(43)50-47)34-22-12-4-13-23-34/h1-24,26-28,30,35,37,40,44,47-48H,25,29H2. The number of fused-ring (bicyclic) bond motifs is 6. The van der Waals surface area contributed by atoms with Gasteiger partial charge in [0, 0.05) is 34.1 Å². The van der Waals surface area contributed by atoms with Crippen LogP contribution >= 0.6 is 0 Å². The smallest absolute Gasteiger partial charge is 0.135 e. The maximum atomic E-state index is 7.33. The molecule has 2 heteroatoms. The summed E-state index contributed by atoms with van der Waals surface area (Å²) in [5.74, 6) is 2.98. The van der Waals surface area contributed by atoms with E-state index in [2.05, 4.69) is 170 Å². The third-order valence-electron chi connectivity index (χ3n) is 11.4. The molecule has 0 saturated heterocycles. The first-order chi connectivity index (χ1) is 24.8. The van der Waals surface area contributed by atoms with Crippen LogP contribution in [0.1, 0.15) is 35.4 Å². The largest absolute Gasteiger partial charge is 0.488 e. The number of rotatable bonds is 5. The number of ether oxygens (including phenoxy) is 2. The van der Waals surface area contributed by atoms with Crippen LogP contribution in [0.4, 0.5) is 0 Å². The Bertz CT molecular complexity index is 2220. The molecule has 6 unspecified atom stereocenters. The summed E-state index contributed by atoms with van der Waals surface area (Å²) in [6.45, 7) is 0. The normalized spacial score (nSPS) is 25.8. The van der Waals surface area contributed by atoms with Crippen LogP contribution in [-0.4, -0.2) is 12.2 Å². The average molecular weight is 647 g/mol. The summed E-state index contributed by atoms with van der Waals surface area (Å²) in [7, 11) is 0. The summed E-state index contributed by atoms with van der Waals surface area (Å²) in [5.41, 5.74) is 12.4. The summed E-state index contributed by atoms with van der Waals surface area (Å²) in [6, 6.07) is 48.0. The van der Waals surface area contributed by atoms with Gasteiger partial charge < -0.3 is 9.47 Å². The van der Waals surface area contributed by atoms with E-state index in [9.17, 15) is 0 Å². The van der Waals surface area contributed by atoms with Crippen molar-refractivity contribution in [1.82, 2.24) is 0 Å². The molecule has 50 heavy (non-hydrogen) atoms. The van der Waals surface area contributed by atoms with Gasteiger partial charge in [-0.1, -0.05) is 158 Å². The molecule has 0 bridgehead atoms. The highest BCUT2D eigenvalue weighted by molar-refractivity contribution is 5.91. The molecule has 0 fully saturated rings. The zero-order chi connectivity index (χ0) is 33.0. The van der Waals surface area contributed by atoms with Gasteiger partial charge in [-0.2, -0.15) is 0 Å². The SMILES string of the molecule is C1=CCC(C2C=C3c4cc(-c5ccccc5)cc(-c5ccccc5)c4OC3C3C4=C(OC23)C(c2ccccc2)=CC(c2ccccc2)C4)C=C1. The molecule has 0 aromatic heterocycles. The fourth-order valence-corrected chi connectivity index (χ4v) is 9.05. The fraction of sp³-hybridized carbons (Fsp3) is 0.167. The summed E-state index contributed by atoms with van der Waals surface area (Å²) in [5, 5.41) is 0. The van der Waals surface area contributed by atoms with Gasteiger partial charge in [0.1, 0.15) is 23.7 Å².